The third-order valence-electron chi connectivity index (χ3n) is 4.08. The smallest absolute Gasteiger partial charge is 0.191 e. The van der Waals surface area contributed by atoms with E-state index in [2.05, 4.69) is 27.5 Å². The van der Waals surface area contributed by atoms with Crippen LogP contribution in [0.25, 0.3) is 0 Å². The van der Waals surface area contributed by atoms with Gasteiger partial charge in [-0.25, -0.2) is 0 Å². The first kappa shape index (κ1) is 18.2. The third-order valence-corrected chi connectivity index (χ3v) is 4.08. The molecule has 0 atom stereocenters. The topological polar surface area (TPSA) is 49.3 Å². The molecule has 1 heterocycles. The Kier molecular flexibility index (Phi) is 8.64. The minimum absolute atomic E-state index is 0. The average molecular weight is 402 g/mol. The van der Waals surface area contributed by atoms with E-state index < -0.39 is 0 Å². The lowest BCUT2D eigenvalue weighted by Crippen LogP contribution is -2.40. The van der Waals surface area contributed by atoms with Gasteiger partial charge in [-0.05, 0) is 36.8 Å². The number of hydrogen-bond donors (Lipinski definition) is 2. The van der Waals surface area contributed by atoms with Crippen LogP contribution >= 0.6 is 24.0 Å². The number of nitrogens with one attached hydrogen (secondary N) is 2. The lowest BCUT2D eigenvalue weighted by Gasteiger charge is -2.26. The summed E-state index contributed by atoms with van der Waals surface area (Å²) < 4.78 is 0. The van der Waals surface area contributed by atoms with Crippen LogP contribution in [-0.4, -0.2) is 24.5 Å². The SMILES string of the molecule is CN=C(NCc1ccccn1)NCC1CCC(C)CC1.I. The van der Waals surface area contributed by atoms with E-state index >= 15 is 0 Å². The molecule has 118 valence electrons. The molecule has 1 saturated carbocycles. The molecule has 0 aliphatic heterocycles. The molecular formula is C16H27IN4. The first-order valence-corrected chi connectivity index (χ1v) is 7.62. The van der Waals surface area contributed by atoms with Crippen molar-refractivity contribution in [1.29, 1.82) is 0 Å². The van der Waals surface area contributed by atoms with Gasteiger partial charge in [-0.15, -0.1) is 24.0 Å². The van der Waals surface area contributed by atoms with Gasteiger partial charge in [-0.1, -0.05) is 25.8 Å². The lowest BCUT2D eigenvalue weighted by atomic mass is 9.83. The normalized spacial score (nSPS) is 22.3. The van der Waals surface area contributed by atoms with Gasteiger partial charge >= 0.3 is 0 Å². The summed E-state index contributed by atoms with van der Waals surface area (Å²) in [6.45, 7) is 4.09. The van der Waals surface area contributed by atoms with Gasteiger partial charge in [-0.2, -0.15) is 0 Å². The molecule has 5 heteroatoms. The van der Waals surface area contributed by atoms with Gasteiger partial charge in [0.1, 0.15) is 0 Å². The van der Waals surface area contributed by atoms with Crippen molar-refractivity contribution < 1.29 is 0 Å². The maximum absolute atomic E-state index is 4.30. The number of aromatic nitrogens is 1. The van der Waals surface area contributed by atoms with Crippen molar-refractivity contribution in [2.75, 3.05) is 13.6 Å². The van der Waals surface area contributed by atoms with E-state index in [0.717, 1.165) is 30.0 Å². The van der Waals surface area contributed by atoms with Crippen LogP contribution in [-0.2, 0) is 6.54 Å². The van der Waals surface area contributed by atoms with Crippen LogP contribution in [0.4, 0.5) is 0 Å². The van der Waals surface area contributed by atoms with Crippen LogP contribution in [0, 0.1) is 11.8 Å². The highest BCUT2D eigenvalue weighted by atomic mass is 127. The molecule has 0 bridgehead atoms. The molecule has 4 nitrogen and oxygen atoms in total. The minimum Gasteiger partial charge on any atom is -0.356 e. The Bertz CT molecular complexity index is 414. The fraction of sp³-hybridized carbons (Fsp3) is 0.625. The highest BCUT2D eigenvalue weighted by molar-refractivity contribution is 14.0. The molecule has 1 aliphatic carbocycles. The predicted molar refractivity (Wildman–Crippen MR) is 99.0 cm³/mol. The monoisotopic (exact) mass is 402 g/mol. The summed E-state index contributed by atoms with van der Waals surface area (Å²) in [7, 11) is 1.82. The molecule has 0 unspecified atom stereocenters. The summed E-state index contributed by atoms with van der Waals surface area (Å²) in [4.78, 5) is 8.57. The zero-order valence-corrected chi connectivity index (χ0v) is 15.3. The molecule has 21 heavy (non-hydrogen) atoms. The number of pyridine rings is 1. The van der Waals surface area contributed by atoms with E-state index in [-0.39, 0.29) is 24.0 Å². The van der Waals surface area contributed by atoms with Gasteiger partial charge in [0.2, 0.25) is 0 Å². The van der Waals surface area contributed by atoms with Crippen molar-refractivity contribution in [3.05, 3.63) is 30.1 Å². The number of hydrogen-bond acceptors (Lipinski definition) is 2. The van der Waals surface area contributed by atoms with Crippen LogP contribution in [0.3, 0.4) is 0 Å². The van der Waals surface area contributed by atoms with Crippen molar-refractivity contribution >= 4 is 29.9 Å². The van der Waals surface area contributed by atoms with Crippen LogP contribution in [0.15, 0.2) is 29.4 Å². The molecule has 0 spiro atoms. The second kappa shape index (κ2) is 9.97. The molecule has 2 N–H and O–H groups in total. The Morgan fingerprint density at radius 2 is 2.00 bits per heavy atom. The molecule has 0 radical (unpaired) electrons. The number of nitrogens with zero attached hydrogens (tertiary/aromatic N) is 2. The van der Waals surface area contributed by atoms with Crippen LogP contribution in [0.2, 0.25) is 0 Å². The minimum atomic E-state index is 0. The van der Waals surface area contributed by atoms with Gasteiger partial charge in [0, 0.05) is 19.8 Å². The van der Waals surface area contributed by atoms with E-state index in [1.807, 2.05) is 31.4 Å². The zero-order valence-electron chi connectivity index (χ0n) is 13.0. The molecule has 0 aromatic carbocycles. The highest BCUT2D eigenvalue weighted by Gasteiger charge is 2.18. The number of halogens is 1. The molecule has 1 aromatic heterocycles. The molecule has 0 saturated heterocycles. The van der Waals surface area contributed by atoms with Gasteiger partial charge in [0.05, 0.1) is 12.2 Å². The summed E-state index contributed by atoms with van der Waals surface area (Å²) in [6, 6.07) is 5.95. The van der Waals surface area contributed by atoms with E-state index in [0.29, 0.717) is 6.54 Å². The largest absolute Gasteiger partial charge is 0.356 e. The number of rotatable bonds is 4. The fourth-order valence-electron chi connectivity index (χ4n) is 2.67. The molecule has 0 amide bonds. The highest BCUT2D eigenvalue weighted by Crippen LogP contribution is 2.27. The Morgan fingerprint density at radius 3 is 2.62 bits per heavy atom. The molecule has 1 fully saturated rings. The lowest BCUT2D eigenvalue weighted by molar-refractivity contribution is 0.289. The Balaban J connectivity index is 0.00000220. The number of guanidine groups is 1. The molecule has 2 rings (SSSR count). The van der Waals surface area contributed by atoms with Crippen LogP contribution in [0.5, 0.6) is 0 Å². The third kappa shape index (κ3) is 6.63. The predicted octanol–water partition coefficient (Wildman–Crippen LogP) is 3.19. The molecular weight excluding hydrogens is 375 g/mol. The summed E-state index contributed by atoms with van der Waals surface area (Å²) in [6.07, 6.45) is 7.23. The molecule has 1 aromatic rings. The van der Waals surface area contributed by atoms with Crippen LogP contribution < -0.4 is 10.6 Å². The quantitative estimate of drug-likeness (QED) is 0.462. The van der Waals surface area contributed by atoms with Crippen molar-refractivity contribution in [2.24, 2.45) is 16.8 Å². The summed E-state index contributed by atoms with van der Waals surface area (Å²) >= 11 is 0. The van der Waals surface area contributed by atoms with Crippen molar-refractivity contribution in [1.82, 2.24) is 15.6 Å². The second-order valence-electron chi connectivity index (χ2n) is 5.75. The second-order valence-corrected chi connectivity index (χ2v) is 5.75. The fourth-order valence-corrected chi connectivity index (χ4v) is 2.67. The zero-order chi connectivity index (χ0) is 14.2. The summed E-state index contributed by atoms with van der Waals surface area (Å²) in [5.74, 6) is 2.57. The standard InChI is InChI=1S/C16H26N4.HI/c1-13-6-8-14(9-7-13)11-19-16(17-2)20-12-15-5-3-4-10-18-15;/h3-5,10,13-14H,6-9,11-12H2,1-2H3,(H2,17,19,20);1H. The first-order valence-electron chi connectivity index (χ1n) is 7.62. The Hall–Kier alpha value is -0.850. The van der Waals surface area contributed by atoms with E-state index in [9.17, 15) is 0 Å². The van der Waals surface area contributed by atoms with E-state index in [1.165, 1.54) is 25.7 Å². The van der Waals surface area contributed by atoms with Gasteiger partial charge in [0.15, 0.2) is 5.96 Å². The van der Waals surface area contributed by atoms with Crippen molar-refractivity contribution in [3.63, 3.8) is 0 Å². The van der Waals surface area contributed by atoms with Gasteiger partial charge in [0.25, 0.3) is 0 Å². The Morgan fingerprint density at radius 1 is 1.24 bits per heavy atom. The van der Waals surface area contributed by atoms with E-state index in [1.54, 1.807) is 0 Å². The summed E-state index contributed by atoms with van der Waals surface area (Å²) in [5.41, 5.74) is 1.03. The first-order chi connectivity index (χ1) is 9.78. The van der Waals surface area contributed by atoms with Gasteiger partial charge < -0.3 is 10.6 Å². The van der Waals surface area contributed by atoms with E-state index in [4.69, 9.17) is 0 Å². The maximum atomic E-state index is 4.30. The molecule has 1 aliphatic rings. The van der Waals surface area contributed by atoms with Crippen molar-refractivity contribution in [2.45, 2.75) is 39.2 Å². The maximum Gasteiger partial charge on any atom is 0.191 e. The van der Waals surface area contributed by atoms with Crippen LogP contribution in [0.1, 0.15) is 38.3 Å². The van der Waals surface area contributed by atoms with Crippen molar-refractivity contribution in [3.8, 4) is 0 Å². The Labute approximate surface area is 145 Å². The van der Waals surface area contributed by atoms with Gasteiger partial charge in [-0.3, -0.25) is 9.98 Å². The number of aliphatic imine (C=N–C) groups is 1. The average Bonchev–Trinajstić information content (AvgIpc) is 2.50. The summed E-state index contributed by atoms with van der Waals surface area (Å²) in [5, 5.41) is 6.75.